The number of aliphatic carboxylic acids is 1. The zero-order valence-electron chi connectivity index (χ0n) is 12.0. The summed E-state index contributed by atoms with van der Waals surface area (Å²) in [6.45, 7) is 8.65. The van der Waals surface area contributed by atoms with Crippen molar-refractivity contribution in [1.29, 1.82) is 0 Å². The molecule has 0 aliphatic rings. The van der Waals surface area contributed by atoms with Crippen LogP contribution in [0.3, 0.4) is 0 Å². The van der Waals surface area contributed by atoms with Gasteiger partial charge in [0.05, 0.1) is 12.5 Å². The predicted molar refractivity (Wildman–Crippen MR) is 78.5 cm³/mol. The van der Waals surface area contributed by atoms with Gasteiger partial charge in [0, 0.05) is 12.2 Å². The van der Waals surface area contributed by atoms with E-state index in [1.165, 1.54) is 5.56 Å². The van der Waals surface area contributed by atoms with Gasteiger partial charge in [-0.25, -0.2) is 0 Å². The minimum absolute atomic E-state index is 0.419. The van der Waals surface area contributed by atoms with Gasteiger partial charge in [0.15, 0.2) is 0 Å². The Kier molecular flexibility index (Phi) is 5.00. The lowest BCUT2D eigenvalue weighted by Gasteiger charge is -2.28. The number of benzene rings is 1. The van der Waals surface area contributed by atoms with Crippen molar-refractivity contribution in [3.8, 4) is 12.3 Å². The maximum Gasteiger partial charge on any atom is 0.308 e. The Hall–Kier alpha value is -1.95. The molecule has 1 N–H and O–H groups in total. The van der Waals surface area contributed by atoms with Crippen LogP contribution >= 0.6 is 0 Å². The summed E-state index contributed by atoms with van der Waals surface area (Å²) in [5, 5.41) is 9.05. The van der Waals surface area contributed by atoms with Crippen molar-refractivity contribution in [3.63, 3.8) is 0 Å². The third-order valence-electron chi connectivity index (χ3n) is 3.15. The molecule has 0 aliphatic carbocycles. The zero-order chi connectivity index (χ0) is 14.6. The summed E-state index contributed by atoms with van der Waals surface area (Å²) in [7, 11) is 0. The highest BCUT2D eigenvalue weighted by Gasteiger charge is 2.18. The van der Waals surface area contributed by atoms with Gasteiger partial charge in [-0.2, -0.15) is 0 Å². The molecule has 3 heteroatoms. The van der Waals surface area contributed by atoms with E-state index in [2.05, 4.69) is 25.0 Å². The number of carbonyl (C=O) groups is 1. The van der Waals surface area contributed by atoms with Crippen molar-refractivity contribution in [2.45, 2.75) is 27.7 Å². The molecule has 3 nitrogen and oxygen atoms in total. The first-order chi connectivity index (χ1) is 8.86. The van der Waals surface area contributed by atoms with Gasteiger partial charge in [-0.3, -0.25) is 4.79 Å². The molecule has 1 rings (SSSR count). The fraction of sp³-hybridized carbons (Fsp3) is 0.438. The monoisotopic (exact) mass is 259 g/mol. The second-order valence-electron chi connectivity index (χ2n) is 5.07. The SMILES string of the molecule is C#CCN(CC(C)C(=O)O)c1c(C)cc(C)cc1C. The highest BCUT2D eigenvalue weighted by molar-refractivity contribution is 5.71. The van der Waals surface area contributed by atoms with E-state index in [9.17, 15) is 4.79 Å². The van der Waals surface area contributed by atoms with Gasteiger partial charge in [0.25, 0.3) is 0 Å². The number of anilines is 1. The molecule has 0 aliphatic heterocycles. The van der Waals surface area contributed by atoms with Crippen LogP contribution in [0.4, 0.5) is 5.69 Å². The summed E-state index contributed by atoms with van der Waals surface area (Å²) in [5.74, 6) is 1.36. The molecule has 0 saturated heterocycles. The first-order valence-corrected chi connectivity index (χ1v) is 6.35. The third-order valence-corrected chi connectivity index (χ3v) is 3.15. The quantitative estimate of drug-likeness (QED) is 0.827. The van der Waals surface area contributed by atoms with Crippen LogP contribution in [0.5, 0.6) is 0 Å². The van der Waals surface area contributed by atoms with Gasteiger partial charge in [-0.15, -0.1) is 6.42 Å². The molecule has 0 aromatic heterocycles. The predicted octanol–water partition coefficient (Wildman–Crippen LogP) is 2.77. The largest absolute Gasteiger partial charge is 0.481 e. The van der Waals surface area contributed by atoms with Crippen LogP contribution in [-0.4, -0.2) is 24.2 Å². The normalized spacial score (nSPS) is 11.7. The number of carboxylic acids is 1. The summed E-state index contributed by atoms with van der Waals surface area (Å²) in [6, 6.07) is 4.19. The van der Waals surface area contributed by atoms with E-state index in [1.807, 2.05) is 18.7 Å². The minimum atomic E-state index is -0.801. The number of carboxylic acid groups (broad SMARTS) is 1. The van der Waals surface area contributed by atoms with Crippen LogP contribution in [-0.2, 0) is 4.79 Å². The molecule has 0 heterocycles. The van der Waals surface area contributed by atoms with E-state index in [0.29, 0.717) is 13.1 Å². The van der Waals surface area contributed by atoms with E-state index in [0.717, 1.165) is 16.8 Å². The third kappa shape index (κ3) is 3.75. The Balaban J connectivity index is 3.13. The average molecular weight is 259 g/mol. The van der Waals surface area contributed by atoms with Gasteiger partial charge >= 0.3 is 5.97 Å². The Morgan fingerprint density at radius 2 is 1.89 bits per heavy atom. The van der Waals surface area contributed by atoms with Crippen molar-refractivity contribution in [2.24, 2.45) is 5.92 Å². The molecular weight excluding hydrogens is 238 g/mol. The summed E-state index contributed by atoms with van der Waals surface area (Å²) in [4.78, 5) is 13.0. The Morgan fingerprint density at radius 1 is 1.37 bits per heavy atom. The number of aryl methyl sites for hydroxylation is 3. The average Bonchev–Trinajstić information content (AvgIpc) is 2.27. The van der Waals surface area contributed by atoms with E-state index >= 15 is 0 Å². The molecule has 1 unspecified atom stereocenters. The molecule has 1 aromatic rings. The number of hydrogen-bond donors (Lipinski definition) is 1. The Morgan fingerprint density at radius 3 is 2.32 bits per heavy atom. The van der Waals surface area contributed by atoms with Gasteiger partial charge in [0.1, 0.15) is 0 Å². The van der Waals surface area contributed by atoms with Crippen LogP contribution in [0.2, 0.25) is 0 Å². The molecule has 0 saturated carbocycles. The van der Waals surface area contributed by atoms with Gasteiger partial charge < -0.3 is 10.0 Å². The van der Waals surface area contributed by atoms with Crippen LogP contribution < -0.4 is 4.90 Å². The maximum atomic E-state index is 11.0. The molecule has 0 radical (unpaired) electrons. The number of nitrogens with zero attached hydrogens (tertiary/aromatic N) is 1. The molecule has 0 fully saturated rings. The molecule has 102 valence electrons. The highest BCUT2D eigenvalue weighted by atomic mass is 16.4. The highest BCUT2D eigenvalue weighted by Crippen LogP contribution is 2.26. The van der Waals surface area contributed by atoms with E-state index in [4.69, 9.17) is 11.5 Å². The molecule has 1 atom stereocenters. The lowest BCUT2D eigenvalue weighted by molar-refractivity contribution is -0.140. The molecule has 19 heavy (non-hydrogen) atoms. The fourth-order valence-electron chi connectivity index (χ4n) is 2.42. The second-order valence-corrected chi connectivity index (χ2v) is 5.07. The molecule has 0 bridgehead atoms. The molecule has 0 spiro atoms. The summed E-state index contributed by atoms with van der Waals surface area (Å²) in [5.41, 5.74) is 4.51. The van der Waals surface area contributed by atoms with Crippen LogP contribution in [0.1, 0.15) is 23.6 Å². The van der Waals surface area contributed by atoms with E-state index < -0.39 is 11.9 Å². The number of hydrogen-bond acceptors (Lipinski definition) is 2. The van der Waals surface area contributed by atoms with Crippen molar-refractivity contribution >= 4 is 11.7 Å². The Labute approximate surface area is 115 Å². The second kappa shape index (κ2) is 6.29. The molecule has 0 amide bonds. The van der Waals surface area contributed by atoms with Crippen molar-refractivity contribution in [1.82, 2.24) is 0 Å². The summed E-state index contributed by atoms with van der Waals surface area (Å²) in [6.07, 6.45) is 5.41. The smallest absolute Gasteiger partial charge is 0.308 e. The van der Waals surface area contributed by atoms with Crippen molar-refractivity contribution in [3.05, 3.63) is 28.8 Å². The number of terminal acetylenes is 1. The number of rotatable bonds is 5. The summed E-state index contributed by atoms with van der Waals surface area (Å²) < 4.78 is 0. The fourth-order valence-corrected chi connectivity index (χ4v) is 2.42. The summed E-state index contributed by atoms with van der Waals surface area (Å²) >= 11 is 0. The first kappa shape index (κ1) is 15.1. The van der Waals surface area contributed by atoms with Crippen molar-refractivity contribution in [2.75, 3.05) is 18.0 Å². The van der Waals surface area contributed by atoms with Crippen molar-refractivity contribution < 1.29 is 9.90 Å². The van der Waals surface area contributed by atoms with Gasteiger partial charge in [-0.1, -0.05) is 30.5 Å². The lowest BCUT2D eigenvalue weighted by atomic mass is 10.0. The standard InChI is InChI=1S/C16H21NO2/c1-6-7-17(10-14(5)16(18)19)15-12(3)8-11(2)9-13(15)4/h1,8-9,14H,7,10H2,2-5H3,(H,18,19). The minimum Gasteiger partial charge on any atom is -0.481 e. The van der Waals surface area contributed by atoms with Crippen LogP contribution in [0, 0.1) is 39.0 Å². The molecule has 1 aromatic carbocycles. The van der Waals surface area contributed by atoms with Gasteiger partial charge in [-0.05, 0) is 31.9 Å². The molecular formula is C16H21NO2. The lowest BCUT2D eigenvalue weighted by Crippen LogP contribution is -2.33. The topological polar surface area (TPSA) is 40.5 Å². The first-order valence-electron chi connectivity index (χ1n) is 6.35. The van der Waals surface area contributed by atoms with Gasteiger partial charge in [0.2, 0.25) is 0 Å². The zero-order valence-corrected chi connectivity index (χ0v) is 12.0. The Bertz CT molecular complexity index is 491. The van der Waals surface area contributed by atoms with Crippen LogP contribution in [0.25, 0.3) is 0 Å². The van der Waals surface area contributed by atoms with Crippen LogP contribution in [0.15, 0.2) is 12.1 Å². The van der Waals surface area contributed by atoms with E-state index in [1.54, 1.807) is 6.92 Å². The van der Waals surface area contributed by atoms with E-state index in [-0.39, 0.29) is 0 Å². The maximum absolute atomic E-state index is 11.0.